The predicted octanol–water partition coefficient (Wildman–Crippen LogP) is 1.61. The molecule has 3 rings (SSSR count). The zero-order valence-electron chi connectivity index (χ0n) is 11.5. The Bertz CT molecular complexity index is 899. The molecule has 0 atom stereocenters. The molecular formula is C14H11ClN4O3. The van der Waals surface area contributed by atoms with Crippen molar-refractivity contribution in [1.82, 2.24) is 19.5 Å². The monoisotopic (exact) mass is 318 g/mol. The number of H-pyrrole nitrogens is 1. The van der Waals surface area contributed by atoms with Crippen LogP contribution in [-0.2, 0) is 11.3 Å². The first-order valence-corrected chi connectivity index (χ1v) is 6.74. The van der Waals surface area contributed by atoms with Crippen molar-refractivity contribution in [2.24, 2.45) is 0 Å². The minimum absolute atomic E-state index is 0.0706. The van der Waals surface area contributed by atoms with Gasteiger partial charge in [-0.2, -0.15) is 4.98 Å². The van der Waals surface area contributed by atoms with Crippen LogP contribution in [0.4, 0.5) is 0 Å². The fraction of sp³-hybridized carbons (Fsp3) is 0.143. The second kappa shape index (κ2) is 5.61. The fourth-order valence-corrected chi connectivity index (χ4v) is 2.25. The number of benzene rings is 1. The van der Waals surface area contributed by atoms with Gasteiger partial charge in [-0.1, -0.05) is 12.1 Å². The van der Waals surface area contributed by atoms with E-state index < -0.39 is 5.97 Å². The highest BCUT2D eigenvalue weighted by atomic mass is 35.5. The first kappa shape index (κ1) is 14.3. The van der Waals surface area contributed by atoms with Gasteiger partial charge < -0.3 is 9.72 Å². The number of imidazole rings is 1. The van der Waals surface area contributed by atoms with Gasteiger partial charge in [-0.25, -0.2) is 14.6 Å². The van der Waals surface area contributed by atoms with Crippen molar-refractivity contribution < 1.29 is 9.53 Å². The summed E-state index contributed by atoms with van der Waals surface area (Å²) in [6.07, 6.45) is 1.46. The van der Waals surface area contributed by atoms with Gasteiger partial charge in [0.05, 0.1) is 25.4 Å². The number of hydrogen-bond acceptors (Lipinski definition) is 5. The van der Waals surface area contributed by atoms with E-state index >= 15 is 0 Å². The zero-order chi connectivity index (χ0) is 15.7. The van der Waals surface area contributed by atoms with Crippen LogP contribution in [-0.4, -0.2) is 32.6 Å². The topological polar surface area (TPSA) is 89.9 Å². The molecule has 1 aromatic carbocycles. The van der Waals surface area contributed by atoms with Crippen LogP contribution in [0.25, 0.3) is 11.2 Å². The lowest BCUT2D eigenvalue weighted by Crippen LogP contribution is -2.17. The minimum atomic E-state index is -0.407. The Morgan fingerprint density at radius 1 is 1.36 bits per heavy atom. The molecule has 2 aromatic heterocycles. The molecule has 2 heterocycles. The van der Waals surface area contributed by atoms with Crippen molar-refractivity contribution in [2.75, 3.05) is 7.11 Å². The van der Waals surface area contributed by atoms with Gasteiger partial charge in [0.25, 0.3) is 0 Å². The van der Waals surface area contributed by atoms with E-state index in [9.17, 15) is 9.59 Å². The maximum absolute atomic E-state index is 12.0. The molecule has 0 saturated carbocycles. The van der Waals surface area contributed by atoms with Crippen LogP contribution >= 0.6 is 11.6 Å². The van der Waals surface area contributed by atoms with Crippen LogP contribution in [0.3, 0.4) is 0 Å². The summed E-state index contributed by atoms with van der Waals surface area (Å²) in [5, 5.41) is 0.0706. The largest absolute Gasteiger partial charge is 0.465 e. The molecule has 3 aromatic rings. The van der Waals surface area contributed by atoms with Gasteiger partial charge in [0, 0.05) is 0 Å². The molecule has 1 N–H and O–H groups in total. The van der Waals surface area contributed by atoms with E-state index in [1.165, 1.54) is 17.9 Å². The number of nitrogens with zero attached hydrogens (tertiary/aromatic N) is 3. The third-order valence-electron chi connectivity index (χ3n) is 3.20. The Morgan fingerprint density at radius 2 is 2.09 bits per heavy atom. The number of esters is 1. The second-order valence-electron chi connectivity index (χ2n) is 4.58. The molecule has 0 aliphatic heterocycles. The molecule has 0 fully saturated rings. The van der Waals surface area contributed by atoms with Crippen LogP contribution in [0.2, 0.25) is 5.28 Å². The molecule has 7 nitrogen and oxygen atoms in total. The van der Waals surface area contributed by atoms with E-state index in [0.29, 0.717) is 23.3 Å². The van der Waals surface area contributed by atoms with Gasteiger partial charge in [0.2, 0.25) is 5.28 Å². The molecule has 0 bridgehead atoms. The Balaban J connectivity index is 1.96. The van der Waals surface area contributed by atoms with Crippen LogP contribution in [0.15, 0.2) is 35.3 Å². The highest BCUT2D eigenvalue weighted by Crippen LogP contribution is 2.12. The van der Waals surface area contributed by atoms with Crippen molar-refractivity contribution >= 4 is 28.7 Å². The Kier molecular flexibility index (Phi) is 3.64. The molecule has 0 amide bonds. The van der Waals surface area contributed by atoms with Gasteiger partial charge in [0.1, 0.15) is 5.52 Å². The number of carbonyl (C=O) groups is 1. The summed E-state index contributed by atoms with van der Waals surface area (Å²) in [6.45, 7) is 0.299. The zero-order valence-corrected chi connectivity index (χ0v) is 12.3. The first-order chi connectivity index (χ1) is 10.6. The summed E-state index contributed by atoms with van der Waals surface area (Å²) in [4.78, 5) is 33.9. The summed E-state index contributed by atoms with van der Waals surface area (Å²) in [6, 6.07) is 6.78. The maximum atomic E-state index is 12.0. The molecular weight excluding hydrogens is 308 g/mol. The van der Waals surface area contributed by atoms with Gasteiger partial charge in [0.15, 0.2) is 5.65 Å². The summed E-state index contributed by atoms with van der Waals surface area (Å²) in [5.41, 5.74) is 1.93. The predicted molar refractivity (Wildman–Crippen MR) is 80.0 cm³/mol. The molecule has 0 spiro atoms. The quantitative estimate of drug-likeness (QED) is 0.585. The van der Waals surface area contributed by atoms with E-state index in [1.54, 1.807) is 24.3 Å². The summed E-state index contributed by atoms with van der Waals surface area (Å²) >= 11 is 5.77. The van der Waals surface area contributed by atoms with Crippen LogP contribution in [0.5, 0.6) is 0 Å². The molecule has 0 aliphatic carbocycles. The molecule has 0 saturated heterocycles. The molecule has 22 heavy (non-hydrogen) atoms. The number of nitrogens with one attached hydrogen (secondary N) is 1. The van der Waals surface area contributed by atoms with Crippen molar-refractivity contribution in [1.29, 1.82) is 0 Å². The van der Waals surface area contributed by atoms with E-state index in [4.69, 9.17) is 11.6 Å². The minimum Gasteiger partial charge on any atom is -0.465 e. The average Bonchev–Trinajstić information content (AvgIpc) is 2.83. The van der Waals surface area contributed by atoms with Crippen LogP contribution in [0, 0.1) is 0 Å². The number of aromatic amines is 1. The number of halogens is 1. The van der Waals surface area contributed by atoms with Gasteiger partial charge in [-0.3, -0.25) is 4.57 Å². The van der Waals surface area contributed by atoms with E-state index in [1.807, 2.05) is 0 Å². The Labute approximate surface area is 129 Å². The third-order valence-corrected chi connectivity index (χ3v) is 3.38. The molecule has 112 valence electrons. The lowest BCUT2D eigenvalue weighted by Gasteiger charge is -2.04. The number of ether oxygens (including phenoxy) is 1. The second-order valence-corrected chi connectivity index (χ2v) is 4.92. The first-order valence-electron chi connectivity index (χ1n) is 6.37. The van der Waals surface area contributed by atoms with E-state index in [0.717, 1.165) is 5.56 Å². The summed E-state index contributed by atoms with van der Waals surface area (Å²) in [7, 11) is 1.32. The van der Waals surface area contributed by atoms with Crippen molar-refractivity contribution in [2.45, 2.75) is 6.54 Å². The van der Waals surface area contributed by atoms with Gasteiger partial charge >= 0.3 is 11.7 Å². The summed E-state index contributed by atoms with van der Waals surface area (Å²) < 4.78 is 6.10. The number of methoxy groups -OCH3 is 1. The highest BCUT2D eigenvalue weighted by molar-refractivity contribution is 6.28. The molecule has 0 aliphatic rings. The maximum Gasteiger partial charge on any atom is 0.337 e. The van der Waals surface area contributed by atoms with Gasteiger partial charge in [-0.05, 0) is 29.3 Å². The Hall–Kier alpha value is -2.67. The Morgan fingerprint density at radius 3 is 2.77 bits per heavy atom. The smallest absolute Gasteiger partial charge is 0.337 e. The van der Waals surface area contributed by atoms with Crippen molar-refractivity contribution in [3.05, 3.63) is 57.4 Å². The van der Waals surface area contributed by atoms with E-state index in [-0.39, 0.29) is 11.0 Å². The third kappa shape index (κ3) is 2.58. The van der Waals surface area contributed by atoms with Crippen LogP contribution in [0.1, 0.15) is 15.9 Å². The standard InChI is InChI=1S/C14H11ClN4O3/c1-22-12(20)9-4-2-8(3-5-9)7-19-11-10(17-14(19)21)6-16-13(15)18-11/h2-6H,7H2,1H3,(H,17,21). The van der Waals surface area contributed by atoms with Crippen LogP contribution < -0.4 is 5.69 Å². The number of aromatic nitrogens is 4. The molecule has 8 heteroatoms. The number of carbonyl (C=O) groups excluding carboxylic acids is 1. The fourth-order valence-electron chi connectivity index (χ4n) is 2.12. The average molecular weight is 319 g/mol. The van der Waals surface area contributed by atoms with E-state index in [2.05, 4.69) is 19.7 Å². The highest BCUT2D eigenvalue weighted by Gasteiger charge is 2.11. The SMILES string of the molecule is COC(=O)c1ccc(Cn2c(=O)[nH]c3cnc(Cl)nc32)cc1. The normalized spacial score (nSPS) is 10.8. The van der Waals surface area contributed by atoms with Crippen molar-refractivity contribution in [3.8, 4) is 0 Å². The van der Waals surface area contributed by atoms with Gasteiger partial charge in [-0.15, -0.1) is 0 Å². The number of fused-ring (bicyclic) bond motifs is 1. The lowest BCUT2D eigenvalue weighted by atomic mass is 10.1. The number of rotatable bonds is 3. The summed E-state index contributed by atoms with van der Waals surface area (Å²) in [5.74, 6) is -0.407. The lowest BCUT2D eigenvalue weighted by molar-refractivity contribution is 0.0600. The number of hydrogen-bond donors (Lipinski definition) is 1. The van der Waals surface area contributed by atoms with Crippen molar-refractivity contribution in [3.63, 3.8) is 0 Å². The molecule has 0 radical (unpaired) electrons. The molecule has 0 unspecified atom stereocenters.